The summed E-state index contributed by atoms with van der Waals surface area (Å²) in [6.45, 7) is 6.55. The Morgan fingerprint density at radius 3 is 2.46 bits per heavy atom. The Bertz CT molecular complexity index is 446. The van der Waals surface area contributed by atoms with Crippen LogP contribution in [0.5, 0.6) is 0 Å². The van der Waals surface area contributed by atoms with Crippen molar-refractivity contribution in [3.63, 3.8) is 0 Å². The number of carbonyl (C=O) groups excluding carboxylic acids is 1. The standard InChI is InChI=1S/C17H31N5O.HI/c1-3-4-13-11-15(13)20-17(18-2)22-9-7-21(8-10-22)12-16(23)19-14-5-6-14;/h13-15H,3-12H2,1-2H3,(H,18,20)(H,19,23);1H. The quantitative estimate of drug-likeness (QED) is 0.364. The first kappa shape index (κ1) is 19.8. The van der Waals surface area contributed by atoms with Gasteiger partial charge >= 0.3 is 0 Å². The van der Waals surface area contributed by atoms with E-state index in [1.165, 1.54) is 19.3 Å². The number of piperazine rings is 1. The van der Waals surface area contributed by atoms with Crippen LogP contribution in [-0.2, 0) is 4.79 Å². The number of halogens is 1. The van der Waals surface area contributed by atoms with Crippen molar-refractivity contribution in [3.8, 4) is 0 Å². The van der Waals surface area contributed by atoms with E-state index in [1.807, 2.05) is 7.05 Å². The zero-order chi connectivity index (χ0) is 16.2. The van der Waals surface area contributed by atoms with Crippen molar-refractivity contribution < 1.29 is 4.79 Å². The van der Waals surface area contributed by atoms with Gasteiger partial charge < -0.3 is 15.5 Å². The predicted octanol–water partition coefficient (Wildman–Crippen LogP) is 1.26. The molecule has 0 aromatic rings. The SMILES string of the molecule is CCCC1CC1NC(=NC)N1CCN(CC(=O)NC2CC2)CC1.I. The second-order valence-electron chi connectivity index (χ2n) is 7.19. The highest BCUT2D eigenvalue weighted by Gasteiger charge is 2.37. The minimum Gasteiger partial charge on any atom is -0.353 e. The molecule has 6 nitrogen and oxygen atoms in total. The summed E-state index contributed by atoms with van der Waals surface area (Å²) < 4.78 is 0. The van der Waals surface area contributed by atoms with Gasteiger partial charge in [0, 0.05) is 45.3 Å². The second-order valence-corrected chi connectivity index (χ2v) is 7.19. The van der Waals surface area contributed by atoms with Crippen LogP contribution >= 0.6 is 24.0 Å². The van der Waals surface area contributed by atoms with Crippen molar-refractivity contribution in [1.29, 1.82) is 0 Å². The summed E-state index contributed by atoms with van der Waals surface area (Å²) in [7, 11) is 1.87. The van der Waals surface area contributed by atoms with Crippen molar-refractivity contribution in [3.05, 3.63) is 0 Å². The van der Waals surface area contributed by atoms with Gasteiger partial charge in [-0.2, -0.15) is 0 Å². The molecule has 0 aromatic heterocycles. The van der Waals surface area contributed by atoms with Crippen molar-refractivity contribution in [2.24, 2.45) is 10.9 Å². The van der Waals surface area contributed by atoms with Crippen molar-refractivity contribution in [2.45, 2.75) is 51.1 Å². The van der Waals surface area contributed by atoms with Gasteiger partial charge in [0.15, 0.2) is 5.96 Å². The maximum absolute atomic E-state index is 11.9. The minimum atomic E-state index is 0. The van der Waals surface area contributed by atoms with Crippen LogP contribution in [0.1, 0.15) is 39.0 Å². The van der Waals surface area contributed by atoms with Gasteiger partial charge in [-0.1, -0.05) is 13.3 Å². The molecule has 24 heavy (non-hydrogen) atoms. The molecule has 0 spiro atoms. The Labute approximate surface area is 162 Å². The third-order valence-corrected chi connectivity index (χ3v) is 5.09. The number of rotatable bonds is 6. The molecule has 1 amide bonds. The maximum Gasteiger partial charge on any atom is 0.234 e. The number of amides is 1. The molecule has 2 N–H and O–H groups in total. The van der Waals surface area contributed by atoms with Gasteiger partial charge in [-0.05, 0) is 31.6 Å². The van der Waals surface area contributed by atoms with E-state index in [1.54, 1.807) is 0 Å². The van der Waals surface area contributed by atoms with Crippen LogP contribution in [0, 0.1) is 5.92 Å². The number of carbonyl (C=O) groups is 1. The fourth-order valence-electron chi connectivity index (χ4n) is 3.40. The zero-order valence-electron chi connectivity index (χ0n) is 15.0. The fourth-order valence-corrected chi connectivity index (χ4v) is 3.40. The van der Waals surface area contributed by atoms with Crippen LogP contribution in [0.15, 0.2) is 4.99 Å². The molecule has 2 aliphatic carbocycles. The first-order valence-electron chi connectivity index (χ1n) is 9.19. The van der Waals surface area contributed by atoms with Crippen LogP contribution in [0.2, 0.25) is 0 Å². The van der Waals surface area contributed by atoms with E-state index < -0.39 is 0 Å². The number of nitrogens with one attached hydrogen (secondary N) is 2. The molecule has 2 unspecified atom stereocenters. The maximum atomic E-state index is 11.9. The first-order valence-corrected chi connectivity index (χ1v) is 9.19. The predicted molar refractivity (Wildman–Crippen MR) is 108 cm³/mol. The van der Waals surface area contributed by atoms with Gasteiger partial charge in [0.2, 0.25) is 5.91 Å². The highest BCUT2D eigenvalue weighted by Crippen LogP contribution is 2.34. The molecule has 2 atom stereocenters. The Balaban J connectivity index is 0.00000208. The van der Waals surface area contributed by atoms with Gasteiger partial charge in [-0.15, -0.1) is 24.0 Å². The van der Waals surface area contributed by atoms with Gasteiger partial charge in [0.05, 0.1) is 6.54 Å². The van der Waals surface area contributed by atoms with E-state index in [-0.39, 0.29) is 29.9 Å². The van der Waals surface area contributed by atoms with E-state index in [2.05, 4.69) is 32.3 Å². The Kier molecular flexibility index (Phi) is 7.59. The molecule has 1 aliphatic heterocycles. The molecule has 0 bridgehead atoms. The lowest BCUT2D eigenvalue weighted by molar-refractivity contribution is -0.122. The molecule has 0 radical (unpaired) electrons. The third kappa shape index (κ3) is 5.75. The topological polar surface area (TPSA) is 60.0 Å². The van der Waals surface area contributed by atoms with E-state index in [9.17, 15) is 4.79 Å². The monoisotopic (exact) mass is 449 g/mol. The molecule has 138 valence electrons. The summed E-state index contributed by atoms with van der Waals surface area (Å²) in [5.74, 6) is 2.06. The molecular weight excluding hydrogens is 417 g/mol. The van der Waals surface area contributed by atoms with Gasteiger partial charge in [-0.3, -0.25) is 14.7 Å². The summed E-state index contributed by atoms with van der Waals surface area (Å²) in [5, 5.41) is 6.68. The zero-order valence-corrected chi connectivity index (χ0v) is 17.3. The van der Waals surface area contributed by atoms with Crippen LogP contribution in [0.3, 0.4) is 0 Å². The van der Waals surface area contributed by atoms with Crippen molar-refractivity contribution >= 4 is 35.8 Å². The lowest BCUT2D eigenvalue weighted by Gasteiger charge is -2.36. The molecule has 7 heteroatoms. The molecule has 1 heterocycles. The lowest BCUT2D eigenvalue weighted by atomic mass is 10.2. The highest BCUT2D eigenvalue weighted by molar-refractivity contribution is 14.0. The van der Waals surface area contributed by atoms with E-state index in [4.69, 9.17) is 0 Å². The molecule has 3 rings (SSSR count). The first-order chi connectivity index (χ1) is 11.2. The normalized spacial score (nSPS) is 27.4. The summed E-state index contributed by atoms with van der Waals surface area (Å²) in [6.07, 6.45) is 6.18. The van der Waals surface area contributed by atoms with Crippen LogP contribution in [0.4, 0.5) is 0 Å². The van der Waals surface area contributed by atoms with Crippen LogP contribution in [-0.4, -0.2) is 73.5 Å². The number of nitrogens with zero attached hydrogens (tertiary/aromatic N) is 3. The van der Waals surface area contributed by atoms with Gasteiger partial charge in [0.1, 0.15) is 0 Å². The average molecular weight is 449 g/mol. The number of guanidine groups is 1. The Morgan fingerprint density at radius 2 is 1.88 bits per heavy atom. The molecular formula is C17H32IN5O. The van der Waals surface area contributed by atoms with Crippen molar-refractivity contribution in [2.75, 3.05) is 39.8 Å². The van der Waals surface area contributed by atoms with E-state index >= 15 is 0 Å². The molecule has 0 aromatic carbocycles. The summed E-state index contributed by atoms with van der Waals surface area (Å²) in [6, 6.07) is 1.08. The van der Waals surface area contributed by atoms with Gasteiger partial charge in [-0.25, -0.2) is 0 Å². The largest absolute Gasteiger partial charge is 0.353 e. The number of aliphatic imine (C=N–C) groups is 1. The molecule has 1 saturated heterocycles. The van der Waals surface area contributed by atoms with Gasteiger partial charge in [0.25, 0.3) is 0 Å². The van der Waals surface area contributed by atoms with Crippen molar-refractivity contribution in [1.82, 2.24) is 20.4 Å². The highest BCUT2D eigenvalue weighted by atomic mass is 127. The third-order valence-electron chi connectivity index (χ3n) is 5.09. The summed E-state index contributed by atoms with van der Waals surface area (Å²) in [5.41, 5.74) is 0. The Hall–Kier alpha value is -0.570. The number of hydrogen-bond donors (Lipinski definition) is 2. The Morgan fingerprint density at radius 1 is 1.17 bits per heavy atom. The van der Waals surface area contributed by atoms with E-state index in [0.717, 1.165) is 50.9 Å². The number of hydrogen-bond acceptors (Lipinski definition) is 3. The summed E-state index contributed by atoms with van der Waals surface area (Å²) >= 11 is 0. The minimum absolute atomic E-state index is 0. The average Bonchev–Trinajstić information content (AvgIpc) is 3.45. The fraction of sp³-hybridized carbons (Fsp3) is 0.882. The molecule has 2 saturated carbocycles. The second kappa shape index (κ2) is 9.22. The van der Waals surface area contributed by atoms with E-state index in [0.29, 0.717) is 18.6 Å². The smallest absolute Gasteiger partial charge is 0.234 e. The molecule has 3 aliphatic rings. The summed E-state index contributed by atoms with van der Waals surface area (Å²) in [4.78, 5) is 20.9. The van der Waals surface area contributed by atoms with Crippen LogP contribution in [0.25, 0.3) is 0 Å². The lowest BCUT2D eigenvalue weighted by Crippen LogP contribution is -2.54. The molecule has 3 fully saturated rings. The van der Waals surface area contributed by atoms with Crippen LogP contribution < -0.4 is 10.6 Å².